The van der Waals surface area contributed by atoms with E-state index < -0.39 is 5.79 Å². The van der Waals surface area contributed by atoms with E-state index in [2.05, 4.69) is 19.9 Å². The molecule has 0 radical (unpaired) electrons. The fourth-order valence-electron chi connectivity index (χ4n) is 2.30. The molecule has 1 aliphatic heterocycles. The van der Waals surface area contributed by atoms with E-state index in [0.717, 1.165) is 6.42 Å². The van der Waals surface area contributed by atoms with Crippen LogP contribution in [0.1, 0.15) is 40.5 Å². The quantitative estimate of drug-likeness (QED) is 0.723. The van der Waals surface area contributed by atoms with Crippen LogP contribution in [0.5, 0.6) is 0 Å². The summed E-state index contributed by atoms with van der Waals surface area (Å²) in [7, 11) is 1.68. The number of methoxy groups -OCH3 is 1. The molecule has 1 rings (SSSR count). The Kier molecular flexibility index (Phi) is 6.47. The normalized spacial score (nSPS) is 28.4. The minimum Gasteiger partial charge on any atom is -0.396 e. The van der Waals surface area contributed by atoms with Crippen LogP contribution in [0.25, 0.3) is 0 Å². The second-order valence-corrected chi connectivity index (χ2v) is 5.91. The Bertz CT molecular complexity index is 286. The average Bonchev–Trinajstić information content (AvgIpc) is 2.60. The number of hydrogen-bond acceptors (Lipinski definition) is 4. The molecule has 19 heavy (non-hydrogen) atoms. The summed E-state index contributed by atoms with van der Waals surface area (Å²) >= 11 is 0. The molecule has 0 bridgehead atoms. The first-order chi connectivity index (χ1) is 8.89. The van der Waals surface area contributed by atoms with E-state index >= 15 is 0 Å². The highest BCUT2D eigenvalue weighted by atomic mass is 16.8. The summed E-state index contributed by atoms with van der Waals surface area (Å²) in [6.07, 6.45) is 5.30. The van der Waals surface area contributed by atoms with Crippen molar-refractivity contribution in [3.8, 4) is 0 Å². The van der Waals surface area contributed by atoms with Crippen molar-refractivity contribution < 1.29 is 19.3 Å². The molecule has 0 aromatic heterocycles. The van der Waals surface area contributed by atoms with E-state index in [0.29, 0.717) is 12.3 Å². The standard InChI is InChI=1S/C15H28O4/c1-11(2)7-6-8-12(17-5)14-13(9-10-16)18-15(3,4)19-14/h6,8,11-14,16H,7,9-10H2,1-5H3/b8-6-/t12?,13-,14+/m0/s1. The highest BCUT2D eigenvalue weighted by molar-refractivity contribution is 4.99. The van der Waals surface area contributed by atoms with Crippen LogP contribution in [0.2, 0.25) is 0 Å². The van der Waals surface area contributed by atoms with Crippen LogP contribution in [0.15, 0.2) is 12.2 Å². The predicted octanol–water partition coefficient (Wildman–Crippen LogP) is 2.51. The van der Waals surface area contributed by atoms with Gasteiger partial charge in [0.05, 0.1) is 6.10 Å². The second-order valence-electron chi connectivity index (χ2n) is 5.91. The number of hydrogen-bond donors (Lipinski definition) is 1. The molecule has 1 aliphatic rings. The molecule has 0 aliphatic carbocycles. The monoisotopic (exact) mass is 272 g/mol. The lowest BCUT2D eigenvalue weighted by Crippen LogP contribution is -2.36. The van der Waals surface area contributed by atoms with Gasteiger partial charge in [-0.15, -0.1) is 0 Å². The van der Waals surface area contributed by atoms with Crippen molar-refractivity contribution in [2.24, 2.45) is 5.92 Å². The molecule has 1 saturated heterocycles. The zero-order chi connectivity index (χ0) is 14.5. The molecule has 4 nitrogen and oxygen atoms in total. The molecular weight excluding hydrogens is 244 g/mol. The Morgan fingerprint density at radius 2 is 2.00 bits per heavy atom. The van der Waals surface area contributed by atoms with Gasteiger partial charge in [-0.2, -0.15) is 0 Å². The van der Waals surface area contributed by atoms with Gasteiger partial charge in [0.2, 0.25) is 0 Å². The molecule has 0 aromatic rings. The van der Waals surface area contributed by atoms with Gasteiger partial charge in [-0.1, -0.05) is 26.0 Å². The summed E-state index contributed by atoms with van der Waals surface area (Å²) in [6.45, 7) is 8.23. The Labute approximate surface area is 116 Å². The molecule has 1 fully saturated rings. The lowest BCUT2D eigenvalue weighted by Gasteiger charge is -2.23. The smallest absolute Gasteiger partial charge is 0.163 e. The fraction of sp³-hybridized carbons (Fsp3) is 0.867. The molecule has 0 spiro atoms. The van der Waals surface area contributed by atoms with Crippen molar-refractivity contribution in [2.75, 3.05) is 13.7 Å². The zero-order valence-corrected chi connectivity index (χ0v) is 12.8. The average molecular weight is 272 g/mol. The first kappa shape index (κ1) is 16.6. The minimum absolute atomic E-state index is 0.0900. The lowest BCUT2D eigenvalue weighted by molar-refractivity contribution is -0.154. The number of aliphatic hydroxyl groups is 1. The summed E-state index contributed by atoms with van der Waals surface area (Å²) in [5.41, 5.74) is 0. The highest BCUT2D eigenvalue weighted by Crippen LogP contribution is 2.32. The maximum Gasteiger partial charge on any atom is 0.163 e. The van der Waals surface area contributed by atoms with Crippen LogP contribution in [0.4, 0.5) is 0 Å². The summed E-state index contributed by atoms with van der Waals surface area (Å²) in [4.78, 5) is 0. The third kappa shape index (κ3) is 5.22. The molecule has 0 saturated carbocycles. The van der Waals surface area contributed by atoms with E-state index in [1.54, 1.807) is 7.11 Å². The van der Waals surface area contributed by atoms with Gasteiger partial charge in [0.15, 0.2) is 5.79 Å². The SMILES string of the molecule is COC(/C=C\CC(C)C)[C@H]1OC(C)(C)O[C@H]1CCO. The summed E-state index contributed by atoms with van der Waals surface area (Å²) in [6, 6.07) is 0. The van der Waals surface area contributed by atoms with Gasteiger partial charge >= 0.3 is 0 Å². The zero-order valence-electron chi connectivity index (χ0n) is 12.8. The van der Waals surface area contributed by atoms with Crippen LogP contribution in [0, 0.1) is 5.92 Å². The van der Waals surface area contributed by atoms with Crippen molar-refractivity contribution in [3.63, 3.8) is 0 Å². The summed E-state index contributed by atoms with van der Waals surface area (Å²) in [5, 5.41) is 9.12. The first-order valence-corrected chi connectivity index (χ1v) is 7.05. The largest absolute Gasteiger partial charge is 0.396 e. The van der Waals surface area contributed by atoms with Gasteiger partial charge in [0.25, 0.3) is 0 Å². The number of allylic oxidation sites excluding steroid dienone is 1. The molecule has 0 amide bonds. The van der Waals surface area contributed by atoms with E-state index in [4.69, 9.17) is 19.3 Å². The molecule has 0 aromatic carbocycles. The maximum atomic E-state index is 9.12. The number of aliphatic hydroxyl groups excluding tert-OH is 1. The van der Waals surface area contributed by atoms with E-state index in [1.165, 1.54) is 0 Å². The van der Waals surface area contributed by atoms with Gasteiger partial charge in [0.1, 0.15) is 12.2 Å². The second kappa shape index (κ2) is 7.39. The van der Waals surface area contributed by atoms with Crippen molar-refractivity contribution in [3.05, 3.63) is 12.2 Å². The summed E-state index contributed by atoms with van der Waals surface area (Å²) < 4.78 is 17.2. The van der Waals surface area contributed by atoms with Crippen LogP contribution in [0.3, 0.4) is 0 Å². The van der Waals surface area contributed by atoms with Gasteiger partial charge in [-0.25, -0.2) is 0 Å². The van der Waals surface area contributed by atoms with Gasteiger partial charge in [-0.3, -0.25) is 0 Å². The molecule has 3 atom stereocenters. The van der Waals surface area contributed by atoms with Crippen molar-refractivity contribution in [1.29, 1.82) is 0 Å². The predicted molar refractivity (Wildman–Crippen MR) is 74.9 cm³/mol. The molecule has 1 heterocycles. The number of rotatable bonds is 7. The Morgan fingerprint density at radius 1 is 1.32 bits per heavy atom. The van der Waals surface area contributed by atoms with Crippen molar-refractivity contribution >= 4 is 0 Å². The lowest BCUT2D eigenvalue weighted by atomic mass is 10.0. The highest BCUT2D eigenvalue weighted by Gasteiger charge is 2.44. The van der Waals surface area contributed by atoms with E-state index in [9.17, 15) is 0 Å². The van der Waals surface area contributed by atoms with Crippen molar-refractivity contribution in [1.82, 2.24) is 0 Å². The van der Waals surface area contributed by atoms with Gasteiger partial charge < -0.3 is 19.3 Å². The molecule has 4 heteroatoms. The van der Waals surface area contributed by atoms with Gasteiger partial charge in [0, 0.05) is 13.7 Å². The Balaban J connectivity index is 2.69. The summed E-state index contributed by atoms with van der Waals surface area (Å²) in [5.74, 6) is 0.00636. The minimum atomic E-state index is -0.618. The van der Waals surface area contributed by atoms with E-state index in [-0.39, 0.29) is 24.9 Å². The van der Waals surface area contributed by atoms with Crippen molar-refractivity contribution in [2.45, 2.75) is 64.6 Å². The maximum absolute atomic E-state index is 9.12. The first-order valence-electron chi connectivity index (χ1n) is 7.05. The molecular formula is C15H28O4. The topological polar surface area (TPSA) is 47.9 Å². The van der Waals surface area contributed by atoms with E-state index in [1.807, 2.05) is 19.9 Å². The third-order valence-corrected chi connectivity index (χ3v) is 3.16. The van der Waals surface area contributed by atoms with Gasteiger partial charge in [-0.05, 0) is 32.6 Å². The molecule has 1 unspecified atom stereocenters. The third-order valence-electron chi connectivity index (χ3n) is 3.16. The molecule has 112 valence electrons. The van der Waals surface area contributed by atoms with Crippen LogP contribution in [-0.4, -0.2) is 42.9 Å². The number of ether oxygens (including phenoxy) is 3. The Hall–Kier alpha value is -0.420. The van der Waals surface area contributed by atoms with Crippen LogP contribution >= 0.6 is 0 Å². The van der Waals surface area contributed by atoms with Crippen LogP contribution < -0.4 is 0 Å². The fourth-order valence-corrected chi connectivity index (χ4v) is 2.30. The molecule has 1 N–H and O–H groups in total. The van der Waals surface area contributed by atoms with Crippen LogP contribution in [-0.2, 0) is 14.2 Å². The Morgan fingerprint density at radius 3 is 2.53 bits per heavy atom.